The Hall–Kier alpha value is -0.930. The van der Waals surface area contributed by atoms with E-state index >= 15 is 0 Å². The minimum absolute atomic E-state index is 0.274. The molecule has 0 bridgehead atoms. The van der Waals surface area contributed by atoms with Crippen LogP contribution in [-0.2, 0) is 11.2 Å². The minimum Gasteiger partial charge on any atom is -0.390 e. The normalized spacial score (nSPS) is 12.8. The fourth-order valence-electron chi connectivity index (χ4n) is 1.19. The largest absolute Gasteiger partial charge is 0.390 e. The molecular weight excluding hydrogens is 171 g/mol. The number of rotatable bonds is 4. The van der Waals surface area contributed by atoms with Gasteiger partial charge in [-0.25, -0.2) is 4.39 Å². The summed E-state index contributed by atoms with van der Waals surface area (Å²) in [4.78, 5) is 0. The number of hydrogen-bond acceptors (Lipinski definition) is 2. The average molecular weight is 184 g/mol. The number of ether oxygens (including phenoxy) is 1. The number of aliphatic hydroxyl groups excluding tert-OH is 1. The van der Waals surface area contributed by atoms with Crippen LogP contribution < -0.4 is 0 Å². The zero-order valence-corrected chi connectivity index (χ0v) is 7.53. The predicted molar refractivity (Wildman–Crippen MR) is 48.0 cm³/mol. The van der Waals surface area contributed by atoms with Crippen LogP contribution in [0.1, 0.15) is 5.56 Å². The van der Waals surface area contributed by atoms with Crippen LogP contribution in [0.2, 0.25) is 0 Å². The minimum atomic E-state index is -0.563. The molecule has 0 aliphatic carbocycles. The first kappa shape index (κ1) is 10.2. The molecule has 0 heterocycles. The molecule has 0 aliphatic rings. The first-order chi connectivity index (χ1) is 6.22. The Labute approximate surface area is 77.0 Å². The topological polar surface area (TPSA) is 29.5 Å². The van der Waals surface area contributed by atoms with Crippen molar-refractivity contribution in [2.45, 2.75) is 12.5 Å². The molecule has 13 heavy (non-hydrogen) atoms. The summed E-state index contributed by atoms with van der Waals surface area (Å²) in [7, 11) is 1.52. The van der Waals surface area contributed by atoms with Gasteiger partial charge in [0, 0.05) is 13.5 Å². The van der Waals surface area contributed by atoms with E-state index in [2.05, 4.69) is 0 Å². The Morgan fingerprint density at radius 2 is 2.31 bits per heavy atom. The lowest BCUT2D eigenvalue weighted by Crippen LogP contribution is -2.16. The van der Waals surface area contributed by atoms with E-state index in [4.69, 9.17) is 4.74 Å². The molecule has 1 aromatic rings. The lowest BCUT2D eigenvalue weighted by atomic mass is 10.1. The molecule has 0 aliphatic heterocycles. The summed E-state index contributed by atoms with van der Waals surface area (Å²) in [5, 5.41) is 9.35. The van der Waals surface area contributed by atoms with Gasteiger partial charge in [-0.2, -0.15) is 0 Å². The van der Waals surface area contributed by atoms with E-state index in [-0.39, 0.29) is 12.4 Å². The monoisotopic (exact) mass is 184 g/mol. The summed E-state index contributed by atoms with van der Waals surface area (Å²) in [5.41, 5.74) is 0.782. The second-order valence-electron chi connectivity index (χ2n) is 2.94. The summed E-state index contributed by atoms with van der Waals surface area (Å²) in [6.45, 7) is 0.274. The second-order valence-corrected chi connectivity index (χ2v) is 2.94. The highest BCUT2D eigenvalue weighted by molar-refractivity contribution is 5.16. The Kier molecular flexibility index (Phi) is 3.86. The van der Waals surface area contributed by atoms with Crippen LogP contribution in [0.3, 0.4) is 0 Å². The Balaban J connectivity index is 2.53. The van der Waals surface area contributed by atoms with Crippen molar-refractivity contribution in [3.8, 4) is 0 Å². The third-order valence-corrected chi connectivity index (χ3v) is 1.72. The fraction of sp³-hybridized carbons (Fsp3) is 0.400. The van der Waals surface area contributed by atoms with Gasteiger partial charge in [0.2, 0.25) is 0 Å². The molecule has 1 aromatic carbocycles. The average Bonchev–Trinajstić information content (AvgIpc) is 2.04. The number of methoxy groups -OCH3 is 1. The van der Waals surface area contributed by atoms with E-state index in [1.807, 2.05) is 0 Å². The molecule has 0 spiro atoms. The molecule has 0 fully saturated rings. The SMILES string of the molecule is COC[C@H](O)Cc1cccc(F)c1. The van der Waals surface area contributed by atoms with Gasteiger partial charge >= 0.3 is 0 Å². The summed E-state index contributed by atoms with van der Waals surface area (Å²) < 4.78 is 17.5. The molecule has 0 saturated heterocycles. The molecule has 0 aromatic heterocycles. The fourth-order valence-corrected chi connectivity index (χ4v) is 1.19. The third kappa shape index (κ3) is 3.53. The molecule has 0 radical (unpaired) electrons. The number of halogens is 1. The van der Waals surface area contributed by atoms with Gasteiger partial charge in [0.1, 0.15) is 5.82 Å². The van der Waals surface area contributed by atoms with Gasteiger partial charge in [-0.05, 0) is 17.7 Å². The van der Waals surface area contributed by atoms with Crippen molar-refractivity contribution in [2.24, 2.45) is 0 Å². The summed E-state index contributed by atoms with van der Waals surface area (Å²) in [6.07, 6.45) is -0.141. The summed E-state index contributed by atoms with van der Waals surface area (Å²) in [5.74, 6) is -0.276. The highest BCUT2D eigenvalue weighted by atomic mass is 19.1. The highest BCUT2D eigenvalue weighted by Gasteiger charge is 2.04. The van der Waals surface area contributed by atoms with Crippen molar-refractivity contribution < 1.29 is 14.2 Å². The zero-order valence-electron chi connectivity index (χ0n) is 7.53. The van der Waals surface area contributed by atoms with Crippen LogP contribution >= 0.6 is 0 Å². The van der Waals surface area contributed by atoms with E-state index in [1.165, 1.54) is 19.2 Å². The van der Waals surface area contributed by atoms with Crippen LogP contribution in [0.4, 0.5) is 4.39 Å². The smallest absolute Gasteiger partial charge is 0.123 e. The summed E-state index contributed by atoms with van der Waals surface area (Å²) >= 11 is 0. The van der Waals surface area contributed by atoms with Crippen molar-refractivity contribution in [1.29, 1.82) is 0 Å². The maximum atomic E-state index is 12.7. The van der Waals surface area contributed by atoms with Crippen molar-refractivity contribution >= 4 is 0 Å². The number of hydrogen-bond donors (Lipinski definition) is 1. The van der Waals surface area contributed by atoms with Crippen LogP contribution in [0, 0.1) is 5.82 Å². The predicted octanol–water partition coefficient (Wildman–Crippen LogP) is 1.38. The van der Waals surface area contributed by atoms with E-state index in [1.54, 1.807) is 12.1 Å². The van der Waals surface area contributed by atoms with Gasteiger partial charge in [0.15, 0.2) is 0 Å². The molecule has 72 valence electrons. The van der Waals surface area contributed by atoms with Gasteiger partial charge < -0.3 is 9.84 Å². The standard InChI is InChI=1S/C10H13FO2/c1-13-7-10(12)6-8-3-2-4-9(11)5-8/h2-5,10,12H,6-7H2,1H3/t10-/m1/s1. The van der Waals surface area contributed by atoms with Gasteiger partial charge in [0.25, 0.3) is 0 Å². The van der Waals surface area contributed by atoms with Gasteiger partial charge in [-0.15, -0.1) is 0 Å². The zero-order chi connectivity index (χ0) is 9.68. The van der Waals surface area contributed by atoms with Crippen molar-refractivity contribution in [3.05, 3.63) is 35.6 Å². The van der Waals surface area contributed by atoms with Crippen molar-refractivity contribution in [2.75, 3.05) is 13.7 Å². The Morgan fingerprint density at radius 1 is 1.54 bits per heavy atom. The molecule has 1 rings (SSSR count). The van der Waals surface area contributed by atoms with Crippen LogP contribution in [0.25, 0.3) is 0 Å². The first-order valence-electron chi connectivity index (χ1n) is 4.14. The molecule has 1 atom stereocenters. The lowest BCUT2D eigenvalue weighted by molar-refractivity contribution is 0.0650. The van der Waals surface area contributed by atoms with Crippen LogP contribution in [0.15, 0.2) is 24.3 Å². The molecule has 0 amide bonds. The van der Waals surface area contributed by atoms with Gasteiger partial charge in [-0.1, -0.05) is 12.1 Å². The van der Waals surface area contributed by atoms with Crippen molar-refractivity contribution in [1.82, 2.24) is 0 Å². The maximum Gasteiger partial charge on any atom is 0.123 e. The van der Waals surface area contributed by atoms with Crippen LogP contribution in [-0.4, -0.2) is 24.9 Å². The van der Waals surface area contributed by atoms with Gasteiger partial charge in [-0.3, -0.25) is 0 Å². The molecular formula is C10H13FO2. The third-order valence-electron chi connectivity index (χ3n) is 1.72. The molecule has 1 N–H and O–H groups in total. The van der Waals surface area contributed by atoms with E-state index in [9.17, 15) is 9.50 Å². The molecule has 0 unspecified atom stereocenters. The van der Waals surface area contributed by atoms with E-state index < -0.39 is 6.10 Å². The maximum absolute atomic E-state index is 12.7. The Morgan fingerprint density at radius 3 is 2.92 bits per heavy atom. The van der Waals surface area contributed by atoms with Crippen LogP contribution in [0.5, 0.6) is 0 Å². The van der Waals surface area contributed by atoms with E-state index in [0.29, 0.717) is 6.42 Å². The number of benzene rings is 1. The lowest BCUT2D eigenvalue weighted by Gasteiger charge is -2.08. The molecule has 3 heteroatoms. The molecule has 2 nitrogen and oxygen atoms in total. The quantitative estimate of drug-likeness (QED) is 0.766. The van der Waals surface area contributed by atoms with Crippen molar-refractivity contribution in [3.63, 3.8) is 0 Å². The van der Waals surface area contributed by atoms with Gasteiger partial charge in [0.05, 0.1) is 12.7 Å². The first-order valence-corrected chi connectivity index (χ1v) is 4.14. The highest BCUT2D eigenvalue weighted by Crippen LogP contribution is 2.06. The van der Waals surface area contributed by atoms with E-state index in [0.717, 1.165) is 5.56 Å². The summed E-state index contributed by atoms with van der Waals surface area (Å²) in [6, 6.07) is 6.21. The number of aliphatic hydroxyl groups is 1. The Bertz CT molecular complexity index is 263. The second kappa shape index (κ2) is 4.94. The molecule has 0 saturated carbocycles.